The number of likely N-dealkylation sites (N-methyl/N-ethyl adjacent to an activating group) is 1. The molecule has 206 valence electrons. The Balaban J connectivity index is 1.72. The predicted octanol–water partition coefficient (Wildman–Crippen LogP) is 3.27. The lowest BCUT2D eigenvalue weighted by Crippen LogP contribution is -2.53. The van der Waals surface area contributed by atoms with Crippen LogP contribution in [-0.2, 0) is 32.6 Å². The number of nitrogens with zero attached hydrogens (tertiary/aromatic N) is 2. The van der Waals surface area contributed by atoms with Gasteiger partial charge < -0.3 is 19.7 Å². The first kappa shape index (κ1) is 28.0. The molecule has 0 aromatic heterocycles. The molecule has 0 radical (unpaired) electrons. The van der Waals surface area contributed by atoms with Crippen molar-refractivity contribution in [1.82, 2.24) is 10.2 Å². The van der Waals surface area contributed by atoms with Crippen molar-refractivity contribution in [2.24, 2.45) is 0 Å². The summed E-state index contributed by atoms with van der Waals surface area (Å²) < 4.78 is 37.6. The van der Waals surface area contributed by atoms with Crippen molar-refractivity contribution < 1.29 is 27.5 Å². The van der Waals surface area contributed by atoms with Crippen molar-refractivity contribution in [3.05, 3.63) is 89.5 Å². The van der Waals surface area contributed by atoms with E-state index in [0.29, 0.717) is 18.0 Å². The minimum atomic E-state index is -3.87. The lowest BCUT2D eigenvalue weighted by Gasteiger charge is -2.33. The van der Waals surface area contributed by atoms with Crippen LogP contribution in [0.3, 0.4) is 0 Å². The summed E-state index contributed by atoms with van der Waals surface area (Å²) in [6, 6.07) is 21.0. The molecule has 39 heavy (non-hydrogen) atoms. The fourth-order valence-corrected chi connectivity index (χ4v) is 5.35. The van der Waals surface area contributed by atoms with Gasteiger partial charge in [-0.25, -0.2) is 8.42 Å². The third-order valence-corrected chi connectivity index (χ3v) is 7.52. The zero-order valence-corrected chi connectivity index (χ0v) is 23.1. The second-order valence-electron chi connectivity index (χ2n) is 9.42. The Hall–Kier alpha value is -4.05. The number of anilines is 1. The van der Waals surface area contributed by atoms with Gasteiger partial charge >= 0.3 is 0 Å². The van der Waals surface area contributed by atoms with Crippen LogP contribution in [0.15, 0.2) is 72.8 Å². The number of hydrogen-bond acceptors (Lipinski definition) is 6. The van der Waals surface area contributed by atoms with Crippen molar-refractivity contribution in [3.8, 4) is 11.5 Å². The first-order valence-electron chi connectivity index (χ1n) is 12.7. The summed E-state index contributed by atoms with van der Waals surface area (Å²) in [5.74, 6) is 0.0800. The minimum absolute atomic E-state index is 0.0363. The van der Waals surface area contributed by atoms with Gasteiger partial charge in [0.25, 0.3) is 0 Å². The largest absolute Gasteiger partial charge is 0.454 e. The molecule has 4 rings (SSSR count). The van der Waals surface area contributed by atoms with Crippen LogP contribution in [0.5, 0.6) is 11.5 Å². The molecule has 0 saturated heterocycles. The van der Waals surface area contributed by atoms with Crippen molar-refractivity contribution in [2.45, 2.75) is 32.9 Å². The zero-order valence-electron chi connectivity index (χ0n) is 22.3. The molecule has 1 heterocycles. The Morgan fingerprint density at radius 1 is 0.949 bits per heavy atom. The van der Waals surface area contributed by atoms with E-state index in [1.807, 2.05) is 68.4 Å². The Bertz CT molecular complexity index is 1430. The quantitative estimate of drug-likeness (QED) is 0.392. The predicted molar refractivity (Wildman–Crippen MR) is 149 cm³/mol. The number of carbonyl (C=O) groups is 2. The van der Waals surface area contributed by atoms with E-state index in [2.05, 4.69) is 5.32 Å². The summed E-state index contributed by atoms with van der Waals surface area (Å²) in [6.07, 6.45) is 1.31. The molecule has 3 aromatic rings. The molecule has 10 heteroatoms. The smallest absolute Gasteiger partial charge is 0.244 e. The van der Waals surface area contributed by atoms with Crippen molar-refractivity contribution >= 4 is 27.5 Å². The molecule has 1 atom stereocenters. The number of ether oxygens (including phenoxy) is 2. The summed E-state index contributed by atoms with van der Waals surface area (Å²) in [7, 11) is -3.87. The van der Waals surface area contributed by atoms with Gasteiger partial charge in [0, 0.05) is 25.6 Å². The van der Waals surface area contributed by atoms with Crippen LogP contribution in [0.2, 0.25) is 0 Å². The van der Waals surface area contributed by atoms with E-state index < -0.39 is 28.5 Å². The molecule has 0 aliphatic carbocycles. The molecule has 0 fully saturated rings. The number of fused-ring (bicyclic) bond motifs is 1. The van der Waals surface area contributed by atoms with Gasteiger partial charge in [-0.05, 0) is 37.1 Å². The maximum absolute atomic E-state index is 14.0. The summed E-state index contributed by atoms with van der Waals surface area (Å²) in [6.45, 7) is 3.84. The number of amides is 2. The minimum Gasteiger partial charge on any atom is -0.454 e. The van der Waals surface area contributed by atoms with E-state index in [1.54, 1.807) is 12.1 Å². The van der Waals surface area contributed by atoms with Gasteiger partial charge in [0.15, 0.2) is 11.5 Å². The molecular formula is C29H33N3O6S. The number of carbonyl (C=O) groups excluding carboxylic acids is 2. The SMILES string of the molecule is CCNC(=O)C(Cc1ccccc1)N(Cc1cccc(C)c1)C(=O)CN(c1ccc2c(c1)OCO2)S(C)(=O)=O. The standard InChI is InChI=1S/C29H33N3O6S/c1-4-30-29(34)25(16-22-10-6-5-7-11-22)31(18-23-12-8-9-21(2)15-23)28(33)19-32(39(3,35)36)24-13-14-26-27(17-24)38-20-37-26/h5-15,17,25H,4,16,18-20H2,1-3H3,(H,30,34). The fourth-order valence-electron chi connectivity index (χ4n) is 4.51. The first-order valence-corrected chi connectivity index (χ1v) is 14.5. The number of rotatable bonds is 11. The molecule has 1 unspecified atom stereocenters. The first-order chi connectivity index (χ1) is 18.7. The third kappa shape index (κ3) is 7.08. The highest BCUT2D eigenvalue weighted by Crippen LogP contribution is 2.36. The molecule has 2 amide bonds. The van der Waals surface area contributed by atoms with Gasteiger partial charge in [0.05, 0.1) is 11.9 Å². The average Bonchev–Trinajstić information content (AvgIpc) is 3.37. The third-order valence-electron chi connectivity index (χ3n) is 6.38. The van der Waals surface area contributed by atoms with Crippen LogP contribution < -0.4 is 19.1 Å². The highest BCUT2D eigenvalue weighted by atomic mass is 32.2. The number of benzene rings is 3. The summed E-state index contributed by atoms with van der Waals surface area (Å²) >= 11 is 0. The summed E-state index contributed by atoms with van der Waals surface area (Å²) in [4.78, 5) is 28.9. The topological polar surface area (TPSA) is 105 Å². The molecule has 0 spiro atoms. The van der Waals surface area contributed by atoms with Gasteiger partial charge in [-0.2, -0.15) is 0 Å². The highest BCUT2D eigenvalue weighted by molar-refractivity contribution is 7.92. The van der Waals surface area contributed by atoms with E-state index in [0.717, 1.165) is 27.3 Å². The zero-order chi connectivity index (χ0) is 28.0. The molecule has 0 saturated carbocycles. The van der Waals surface area contributed by atoms with Crippen LogP contribution in [0.25, 0.3) is 0 Å². The normalized spacial score (nSPS) is 13.0. The van der Waals surface area contributed by atoms with E-state index in [-0.39, 0.29) is 31.4 Å². The lowest BCUT2D eigenvalue weighted by atomic mass is 10.0. The van der Waals surface area contributed by atoms with Crippen LogP contribution in [0.1, 0.15) is 23.6 Å². The van der Waals surface area contributed by atoms with Crippen molar-refractivity contribution in [1.29, 1.82) is 0 Å². The van der Waals surface area contributed by atoms with Gasteiger partial charge in [0.2, 0.25) is 28.6 Å². The Morgan fingerprint density at radius 2 is 1.67 bits per heavy atom. The molecule has 9 nitrogen and oxygen atoms in total. The second-order valence-corrected chi connectivity index (χ2v) is 11.3. The lowest BCUT2D eigenvalue weighted by molar-refractivity contribution is -0.140. The monoisotopic (exact) mass is 551 g/mol. The fraction of sp³-hybridized carbons (Fsp3) is 0.310. The van der Waals surface area contributed by atoms with E-state index in [1.165, 1.54) is 11.0 Å². The van der Waals surface area contributed by atoms with Gasteiger partial charge in [-0.3, -0.25) is 13.9 Å². The number of sulfonamides is 1. The van der Waals surface area contributed by atoms with Crippen molar-refractivity contribution in [3.63, 3.8) is 0 Å². The molecule has 3 aromatic carbocycles. The Kier molecular flexibility index (Phi) is 8.75. The Morgan fingerprint density at radius 3 is 2.36 bits per heavy atom. The molecule has 1 aliphatic heterocycles. The molecule has 0 bridgehead atoms. The summed E-state index contributed by atoms with van der Waals surface area (Å²) in [5, 5.41) is 2.85. The van der Waals surface area contributed by atoms with Crippen LogP contribution >= 0.6 is 0 Å². The van der Waals surface area contributed by atoms with Crippen LogP contribution in [-0.4, -0.2) is 57.3 Å². The van der Waals surface area contributed by atoms with Gasteiger partial charge in [-0.1, -0.05) is 60.2 Å². The number of nitrogens with one attached hydrogen (secondary N) is 1. The van der Waals surface area contributed by atoms with Gasteiger partial charge in [0.1, 0.15) is 12.6 Å². The van der Waals surface area contributed by atoms with Crippen molar-refractivity contribution in [2.75, 3.05) is 30.4 Å². The maximum atomic E-state index is 14.0. The molecule has 1 N–H and O–H groups in total. The average molecular weight is 552 g/mol. The molecule has 1 aliphatic rings. The van der Waals surface area contributed by atoms with E-state index in [4.69, 9.17) is 9.47 Å². The summed E-state index contributed by atoms with van der Waals surface area (Å²) in [5.41, 5.74) is 2.99. The number of aryl methyl sites for hydroxylation is 1. The van der Waals surface area contributed by atoms with Gasteiger partial charge in [-0.15, -0.1) is 0 Å². The maximum Gasteiger partial charge on any atom is 0.244 e. The van der Waals surface area contributed by atoms with Crippen LogP contribution in [0, 0.1) is 6.92 Å². The number of hydrogen-bond donors (Lipinski definition) is 1. The second kappa shape index (κ2) is 12.2. The van der Waals surface area contributed by atoms with Crippen LogP contribution in [0.4, 0.5) is 5.69 Å². The highest BCUT2D eigenvalue weighted by Gasteiger charge is 2.33. The van der Waals surface area contributed by atoms with E-state index in [9.17, 15) is 18.0 Å². The van der Waals surface area contributed by atoms with E-state index >= 15 is 0 Å². The molecular weight excluding hydrogens is 518 g/mol. The Labute approximate surface area is 229 Å².